The minimum absolute atomic E-state index is 0.0590. The van der Waals surface area contributed by atoms with E-state index in [-0.39, 0.29) is 11.8 Å². The number of hydrogen-bond acceptors (Lipinski definition) is 6. The zero-order valence-corrected chi connectivity index (χ0v) is 23.9. The highest BCUT2D eigenvalue weighted by Crippen LogP contribution is 2.37. The van der Waals surface area contributed by atoms with Crippen LogP contribution in [-0.2, 0) is 22.4 Å². The molecule has 2 amide bonds. The number of aromatic hydroxyl groups is 1. The number of carbonyl (C=O) groups is 2. The fourth-order valence-electron chi connectivity index (χ4n) is 4.27. The maximum atomic E-state index is 12.3. The van der Waals surface area contributed by atoms with E-state index in [1.165, 1.54) is 19.4 Å². The van der Waals surface area contributed by atoms with E-state index in [4.69, 9.17) is 5.11 Å². The molecule has 0 saturated carbocycles. The molecule has 0 aliphatic carbocycles. The van der Waals surface area contributed by atoms with Crippen LogP contribution in [0.1, 0.15) is 11.1 Å². The van der Waals surface area contributed by atoms with Gasteiger partial charge in [0.25, 0.3) is 11.8 Å². The molecule has 40 heavy (non-hydrogen) atoms. The second kappa shape index (κ2) is 13.2. The van der Waals surface area contributed by atoms with Gasteiger partial charge in [-0.05, 0) is 69.0 Å². The topological polar surface area (TPSA) is 60.9 Å². The van der Waals surface area contributed by atoms with Gasteiger partial charge in [-0.1, -0.05) is 66.7 Å². The van der Waals surface area contributed by atoms with E-state index in [1.807, 2.05) is 77.5 Å². The molecule has 8 rings (SSSR count). The van der Waals surface area contributed by atoms with Gasteiger partial charge in [-0.3, -0.25) is 9.59 Å². The number of rotatable bonds is 1. The Morgan fingerprint density at radius 3 is 1.38 bits per heavy atom. The number of anilines is 2. The number of fused-ring (bicyclic) bond motifs is 3. The molecule has 0 unspecified atom stereocenters. The minimum Gasteiger partial charge on any atom is -0.508 e. The molecule has 8 heteroatoms. The maximum absolute atomic E-state index is 12.3. The predicted octanol–water partition coefficient (Wildman–Crippen LogP) is 8.18. The van der Waals surface area contributed by atoms with Crippen LogP contribution in [0.5, 0.6) is 5.75 Å². The van der Waals surface area contributed by atoms with E-state index in [2.05, 4.69) is 22.9 Å². The third-order valence-corrected chi connectivity index (χ3v) is 8.57. The van der Waals surface area contributed by atoms with Gasteiger partial charge in [-0.25, -0.2) is 10.0 Å². The summed E-state index contributed by atoms with van der Waals surface area (Å²) >= 11 is 5.32. The van der Waals surface area contributed by atoms with Gasteiger partial charge in [-0.2, -0.15) is 11.3 Å². The predicted molar refractivity (Wildman–Crippen MR) is 167 cm³/mol. The van der Waals surface area contributed by atoms with Gasteiger partial charge in [0.1, 0.15) is 5.75 Å². The molecule has 2 aliphatic rings. The van der Waals surface area contributed by atoms with Crippen molar-refractivity contribution in [1.82, 2.24) is 0 Å². The lowest BCUT2D eigenvalue weighted by atomic mass is 10.2. The monoisotopic (exact) mass is 582 g/mol. The van der Waals surface area contributed by atoms with Crippen LogP contribution in [-0.4, -0.2) is 16.9 Å². The van der Waals surface area contributed by atoms with Crippen LogP contribution in [0, 0.1) is 0 Å². The Morgan fingerprint density at radius 1 is 0.525 bits per heavy atom. The molecule has 200 valence electrons. The summed E-state index contributed by atoms with van der Waals surface area (Å²) in [5, 5.41) is 20.0. The van der Waals surface area contributed by atoms with Gasteiger partial charge < -0.3 is 5.11 Å². The summed E-state index contributed by atoms with van der Waals surface area (Å²) in [5.41, 5.74) is 3.55. The first kappa shape index (κ1) is 27.3. The Morgan fingerprint density at radius 2 is 0.975 bits per heavy atom. The number of benzene rings is 3. The highest BCUT2D eigenvalue weighted by molar-refractivity contribution is 7.25. The summed E-state index contributed by atoms with van der Waals surface area (Å²) in [4.78, 5) is 24.6. The summed E-state index contributed by atoms with van der Waals surface area (Å²) < 4.78 is 2.82. The van der Waals surface area contributed by atoms with E-state index < -0.39 is 0 Å². The third kappa shape index (κ3) is 6.48. The Hall–Kier alpha value is -4.24. The largest absolute Gasteiger partial charge is 0.508 e. The van der Waals surface area contributed by atoms with E-state index >= 15 is 0 Å². The van der Waals surface area contributed by atoms with E-state index in [0.29, 0.717) is 18.6 Å². The van der Waals surface area contributed by atoms with Crippen LogP contribution in [0.2, 0.25) is 0 Å². The van der Waals surface area contributed by atoms with Crippen molar-refractivity contribution in [2.45, 2.75) is 12.8 Å². The number of carbonyl (C=O) groups excluding carboxylic acids is 2. The third-order valence-electron chi connectivity index (χ3n) is 6.05. The zero-order chi connectivity index (χ0) is 27.7. The summed E-state index contributed by atoms with van der Waals surface area (Å²) in [6.07, 6.45) is 0.699. The van der Waals surface area contributed by atoms with Crippen LogP contribution in [0.3, 0.4) is 0 Å². The molecule has 0 atom stereocenters. The van der Waals surface area contributed by atoms with Crippen LogP contribution in [0.4, 0.5) is 11.4 Å². The average molecular weight is 583 g/mol. The molecule has 0 radical (unpaired) electrons. The summed E-state index contributed by atoms with van der Waals surface area (Å²) in [5.74, 6) is 0.204. The smallest absolute Gasteiger partial charge is 0.250 e. The van der Waals surface area contributed by atoms with Crippen LogP contribution in [0.25, 0.3) is 9.40 Å². The number of hydrogen-bond donors (Lipinski definition) is 1. The number of thiophene rings is 3. The van der Waals surface area contributed by atoms with E-state index in [9.17, 15) is 9.59 Å². The zero-order valence-electron chi connectivity index (χ0n) is 21.4. The molecule has 6 aromatic rings. The van der Waals surface area contributed by atoms with Gasteiger partial charge in [-0.15, -0.1) is 22.7 Å². The van der Waals surface area contributed by atoms with Crippen LogP contribution < -0.4 is 10.0 Å². The first-order valence-corrected chi connectivity index (χ1v) is 15.3. The molecule has 3 aromatic heterocycles. The molecule has 0 spiro atoms. The number of hydrazine groups is 1. The SMILES string of the molecule is O=C1Cc2ccccc2N1N1C(=O)Cc2ccccc21.Oc1ccccc1.c1cc2sccc2s1.c1ccsc1. The Bertz CT molecular complexity index is 1540. The fraction of sp³-hybridized carbons (Fsp3) is 0.0625. The fourth-order valence-corrected chi connectivity index (χ4v) is 6.55. The van der Waals surface area contributed by atoms with Gasteiger partial charge in [0.05, 0.1) is 24.2 Å². The van der Waals surface area contributed by atoms with E-state index in [0.717, 1.165) is 22.5 Å². The standard InChI is InChI=1S/C16H12N2O2.C6H6O.C6H4S2.C4H4S/c19-15-9-11-5-1-3-7-13(11)17(15)18-14-8-4-2-6-12(14)10-16(18)20;7-6-4-2-1-3-5-6;1-3-7-6-2-4-8-5(1)6;1-2-4-5-3-1/h1-8H,9-10H2;1-5,7H;1-4H;1-4H. The second-order valence-corrected chi connectivity index (χ2v) is 11.4. The number of para-hydroxylation sites is 3. The second-order valence-electron chi connectivity index (χ2n) is 8.72. The van der Waals surface area contributed by atoms with Crippen molar-refractivity contribution in [3.63, 3.8) is 0 Å². The van der Waals surface area contributed by atoms with Crippen LogP contribution >= 0.6 is 34.0 Å². The van der Waals surface area contributed by atoms with Crippen molar-refractivity contribution in [1.29, 1.82) is 0 Å². The van der Waals surface area contributed by atoms with Gasteiger partial charge in [0.15, 0.2) is 0 Å². The lowest BCUT2D eigenvalue weighted by Gasteiger charge is -2.28. The Labute approximate surface area is 244 Å². The normalized spacial score (nSPS) is 12.9. The van der Waals surface area contributed by atoms with Crippen molar-refractivity contribution in [3.8, 4) is 5.75 Å². The lowest BCUT2D eigenvalue weighted by Crippen LogP contribution is -2.47. The summed E-state index contributed by atoms with van der Waals surface area (Å²) in [7, 11) is 0. The highest BCUT2D eigenvalue weighted by Gasteiger charge is 2.39. The first-order chi connectivity index (χ1) is 19.6. The van der Waals surface area contributed by atoms with Gasteiger partial charge in [0.2, 0.25) is 0 Å². The molecule has 2 aliphatic heterocycles. The Kier molecular flexibility index (Phi) is 9.03. The van der Waals surface area contributed by atoms with Gasteiger partial charge in [0, 0.05) is 9.40 Å². The molecule has 0 bridgehead atoms. The first-order valence-electron chi connectivity index (χ1n) is 12.6. The summed E-state index contributed by atoms with van der Waals surface area (Å²) in [6, 6.07) is 32.3. The highest BCUT2D eigenvalue weighted by atomic mass is 32.1. The van der Waals surface area contributed by atoms with Crippen molar-refractivity contribution >= 4 is 66.6 Å². The maximum Gasteiger partial charge on any atom is 0.250 e. The van der Waals surface area contributed by atoms with Crippen molar-refractivity contribution in [3.05, 3.63) is 136 Å². The van der Waals surface area contributed by atoms with Crippen LogP contribution in [0.15, 0.2) is 125 Å². The summed E-state index contributed by atoms with van der Waals surface area (Å²) in [6.45, 7) is 0. The molecule has 3 aromatic carbocycles. The molecular formula is C32H26N2O3S3. The number of nitrogens with zero attached hydrogens (tertiary/aromatic N) is 2. The molecule has 5 nitrogen and oxygen atoms in total. The van der Waals surface area contributed by atoms with E-state index in [1.54, 1.807) is 58.3 Å². The Balaban J connectivity index is 0.000000131. The minimum atomic E-state index is -0.0590. The molecule has 0 saturated heterocycles. The average Bonchev–Trinajstić information content (AvgIpc) is 3.79. The molecule has 5 heterocycles. The number of phenols is 1. The van der Waals surface area contributed by atoms with Gasteiger partial charge >= 0.3 is 0 Å². The molecule has 1 N–H and O–H groups in total. The van der Waals surface area contributed by atoms with Crippen molar-refractivity contribution in [2.24, 2.45) is 0 Å². The van der Waals surface area contributed by atoms with Crippen molar-refractivity contribution < 1.29 is 14.7 Å². The number of amides is 2. The number of phenolic OH excluding ortho intramolecular Hbond substituents is 1. The quantitative estimate of drug-likeness (QED) is 0.213. The molecule has 0 fully saturated rings. The molecular weight excluding hydrogens is 557 g/mol. The lowest BCUT2D eigenvalue weighted by molar-refractivity contribution is -0.122. The van der Waals surface area contributed by atoms with Crippen molar-refractivity contribution in [2.75, 3.05) is 10.0 Å².